The molecule has 10 heteroatoms. The molecule has 1 aliphatic heterocycles. The molecule has 1 aromatic carbocycles. The second-order valence-corrected chi connectivity index (χ2v) is 6.23. The Morgan fingerprint density at radius 1 is 1.52 bits per heavy atom. The first-order valence-electron chi connectivity index (χ1n) is 5.94. The third-order valence-electron chi connectivity index (χ3n) is 3.06. The molecular weight excluding hydrogens is 303 g/mol. The summed E-state index contributed by atoms with van der Waals surface area (Å²) in [5.41, 5.74) is -0.917. The summed E-state index contributed by atoms with van der Waals surface area (Å²) in [6, 6.07) is 3.30. The average molecular weight is 314 g/mol. The van der Waals surface area contributed by atoms with E-state index in [1.807, 2.05) is 6.07 Å². The summed E-state index contributed by atoms with van der Waals surface area (Å²) < 4.78 is 39.1. The zero-order chi connectivity index (χ0) is 15.6. The van der Waals surface area contributed by atoms with E-state index in [-0.39, 0.29) is 13.1 Å². The van der Waals surface area contributed by atoms with Gasteiger partial charge in [0.15, 0.2) is 0 Å². The molecule has 112 valence electrons. The molecule has 21 heavy (non-hydrogen) atoms. The van der Waals surface area contributed by atoms with Crippen molar-refractivity contribution in [3.63, 3.8) is 0 Å². The van der Waals surface area contributed by atoms with Gasteiger partial charge in [-0.15, -0.1) is 0 Å². The van der Waals surface area contributed by atoms with Crippen molar-refractivity contribution >= 4 is 15.7 Å². The number of piperazine rings is 1. The molecule has 1 fully saturated rings. The lowest BCUT2D eigenvalue weighted by atomic mass is 10.3. The lowest BCUT2D eigenvalue weighted by Crippen LogP contribution is -2.52. The summed E-state index contributed by atoms with van der Waals surface area (Å²) in [6.45, 7) is 0.589. The van der Waals surface area contributed by atoms with Gasteiger partial charge >= 0.3 is 5.69 Å². The molecule has 0 amide bonds. The van der Waals surface area contributed by atoms with Gasteiger partial charge in [0.1, 0.15) is 6.04 Å². The van der Waals surface area contributed by atoms with E-state index in [4.69, 9.17) is 5.26 Å². The minimum absolute atomic E-state index is 0.0612. The maximum atomic E-state index is 13.3. The maximum Gasteiger partial charge on any atom is 0.306 e. The molecule has 1 heterocycles. The van der Waals surface area contributed by atoms with E-state index < -0.39 is 37.4 Å². The fourth-order valence-electron chi connectivity index (χ4n) is 2.01. The quantitative estimate of drug-likeness (QED) is 0.630. The van der Waals surface area contributed by atoms with Gasteiger partial charge in [0.05, 0.1) is 15.9 Å². The van der Waals surface area contributed by atoms with Crippen LogP contribution in [0.1, 0.15) is 0 Å². The number of rotatable bonds is 3. The maximum absolute atomic E-state index is 13.3. The van der Waals surface area contributed by atoms with Crippen LogP contribution in [0.15, 0.2) is 23.1 Å². The van der Waals surface area contributed by atoms with Crippen LogP contribution in [0.4, 0.5) is 10.1 Å². The zero-order valence-electron chi connectivity index (χ0n) is 10.7. The van der Waals surface area contributed by atoms with Gasteiger partial charge in [-0.05, 0) is 12.1 Å². The molecule has 1 atom stereocenters. The van der Waals surface area contributed by atoms with Crippen LogP contribution < -0.4 is 5.32 Å². The number of hydrogen-bond acceptors (Lipinski definition) is 6. The van der Waals surface area contributed by atoms with Crippen molar-refractivity contribution in [1.82, 2.24) is 9.62 Å². The van der Waals surface area contributed by atoms with Crippen LogP contribution in [0, 0.1) is 27.3 Å². The summed E-state index contributed by atoms with van der Waals surface area (Å²) >= 11 is 0. The lowest BCUT2D eigenvalue weighted by molar-refractivity contribution is -0.387. The number of nitro groups is 1. The topological polar surface area (TPSA) is 116 Å². The van der Waals surface area contributed by atoms with E-state index in [1.165, 1.54) is 0 Å². The largest absolute Gasteiger partial charge is 0.313 e. The highest BCUT2D eigenvalue weighted by molar-refractivity contribution is 7.89. The van der Waals surface area contributed by atoms with Crippen LogP contribution >= 0.6 is 0 Å². The second-order valence-electron chi connectivity index (χ2n) is 4.34. The van der Waals surface area contributed by atoms with Crippen molar-refractivity contribution in [1.29, 1.82) is 5.26 Å². The first-order valence-corrected chi connectivity index (χ1v) is 7.38. The Morgan fingerprint density at radius 3 is 2.86 bits per heavy atom. The second kappa shape index (κ2) is 5.72. The third-order valence-corrected chi connectivity index (χ3v) is 4.97. The summed E-state index contributed by atoms with van der Waals surface area (Å²) in [5, 5.41) is 22.6. The van der Waals surface area contributed by atoms with Crippen molar-refractivity contribution in [3.05, 3.63) is 34.1 Å². The Bertz CT molecular complexity index is 715. The fourth-order valence-corrected chi connectivity index (χ4v) is 3.57. The third kappa shape index (κ3) is 2.85. The van der Waals surface area contributed by atoms with E-state index in [0.29, 0.717) is 12.6 Å². The Morgan fingerprint density at radius 2 is 2.24 bits per heavy atom. The number of nitro benzene ring substituents is 1. The van der Waals surface area contributed by atoms with Crippen LogP contribution in [0.25, 0.3) is 0 Å². The smallest absolute Gasteiger partial charge is 0.306 e. The fraction of sp³-hybridized carbons (Fsp3) is 0.364. The predicted octanol–water partition coefficient (Wildman–Crippen LogP) is 0.220. The van der Waals surface area contributed by atoms with Gasteiger partial charge in [0.25, 0.3) is 0 Å². The van der Waals surface area contributed by atoms with Crippen LogP contribution in [0.2, 0.25) is 0 Å². The zero-order valence-corrected chi connectivity index (χ0v) is 11.5. The van der Waals surface area contributed by atoms with Gasteiger partial charge < -0.3 is 5.32 Å². The summed E-state index contributed by atoms with van der Waals surface area (Å²) in [4.78, 5) is 9.30. The van der Waals surface area contributed by atoms with Crippen LogP contribution in [0.5, 0.6) is 0 Å². The van der Waals surface area contributed by atoms with E-state index in [1.54, 1.807) is 0 Å². The summed E-state index contributed by atoms with van der Waals surface area (Å²) in [7, 11) is -4.10. The molecular formula is C11H11FN4O4S. The van der Waals surface area contributed by atoms with Gasteiger partial charge in [-0.25, -0.2) is 8.42 Å². The standard InChI is InChI=1S/C11H11FN4O4S/c12-10-2-1-9(5-11(10)16(17)18)21(19,20)15-4-3-14-7-8(15)6-13/h1-2,5,8,14H,3-4,7H2. The Labute approximate surface area is 120 Å². The van der Waals surface area contributed by atoms with Crippen molar-refractivity contribution in [3.8, 4) is 6.07 Å². The Hall–Kier alpha value is -2.09. The minimum Gasteiger partial charge on any atom is -0.313 e. The average Bonchev–Trinajstić information content (AvgIpc) is 2.47. The predicted molar refractivity (Wildman–Crippen MR) is 69.2 cm³/mol. The number of sulfonamides is 1. The van der Waals surface area contributed by atoms with E-state index >= 15 is 0 Å². The van der Waals surface area contributed by atoms with Gasteiger partial charge in [-0.2, -0.15) is 14.0 Å². The van der Waals surface area contributed by atoms with E-state index in [9.17, 15) is 22.9 Å². The normalized spacial score (nSPS) is 19.9. The van der Waals surface area contributed by atoms with Crippen LogP contribution in [0.3, 0.4) is 0 Å². The van der Waals surface area contributed by atoms with Crippen molar-refractivity contribution < 1.29 is 17.7 Å². The first kappa shape index (κ1) is 15.3. The van der Waals surface area contributed by atoms with Crippen LogP contribution in [-0.4, -0.2) is 43.3 Å². The number of hydrogen-bond donors (Lipinski definition) is 1. The van der Waals surface area contributed by atoms with Gasteiger partial charge in [-0.3, -0.25) is 10.1 Å². The van der Waals surface area contributed by atoms with E-state index in [0.717, 1.165) is 16.4 Å². The summed E-state index contributed by atoms with van der Waals surface area (Å²) in [5.74, 6) is -1.11. The SMILES string of the molecule is N#CC1CNCCN1S(=O)(=O)c1ccc(F)c([N+](=O)[O-])c1. The molecule has 1 aromatic rings. The molecule has 1 unspecified atom stereocenters. The first-order chi connectivity index (χ1) is 9.87. The van der Waals surface area contributed by atoms with Crippen molar-refractivity contribution in [2.75, 3.05) is 19.6 Å². The molecule has 1 N–H and O–H groups in total. The molecule has 1 saturated heterocycles. The number of nitrogens with one attached hydrogen (secondary N) is 1. The Balaban J connectivity index is 2.47. The highest BCUT2D eigenvalue weighted by atomic mass is 32.2. The highest BCUT2D eigenvalue weighted by Gasteiger charge is 2.34. The van der Waals surface area contributed by atoms with Crippen LogP contribution in [-0.2, 0) is 10.0 Å². The van der Waals surface area contributed by atoms with Crippen molar-refractivity contribution in [2.24, 2.45) is 0 Å². The molecule has 0 bridgehead atoms. The molecule has 0 aliphatic carbocycles. The molecule has 8 nitrogen and oxygen atoms in total. The lowest BCUT2D eigenvalue weighted by Gasteiger charge is -2.30. The van der Waals surface area contributed by atoms with Gasteiger partial charge in [0.2, 0.25) is 15.8 Å². The number of nitrogens with zero attached hydrogens (tertiary/aromatic N) is 3. The van der Waals surface area contributed by atoms with E-state index in [2.05, 4.69) is 5.32 Å². The minimum atomic E-state index is -4.10. The molecule has 2 rings (SSSR count). The molecule has 0 spiro atoms. The van der Waals surface area contributed by atoms with Gasteiger partial charge in [0, 0.05) is 25.7 Å². The number of halogens is 1. The molecule has 0 saturated carbocycles. The molecule has 1 aliphatic rings. The monoisotopic (exact) mass is 314 g/mol. The number of nitriles is 1. The summed E-state index contributed by atoms with van der Waals surface area (Å²) in [6.07, 6.45) is 0. The Kier molecular flexibility index (Phi) is 4.17. The number of benzene rings is 1. The molecule has 0 aromatic heterocycles. The van der Waals surface area contributed by atoms with Crippen molar-refractivity contribution in [2.45, 2.75) is 10.9 Å². The highest BCUT2D eigenvalue weighted by Crippen LogP contribution is 2.25. The van der Waals surface area contributed by atoms with Gasteiger partial charge in [-0.1, -0.05) is 0 Å². The molecule has 0 radical (unpaired) electrons.